The van der Waals surface area contributed by atoms with E-state index in [1.807, 2.05) is 30.9 Å². The molecular formula is C14H23NO2S. The van der Waals surface area contributed by atoms with Gasteiger partial charge in [-0.05, 0) is 42.7 Å². The molecule has 1 aromatic carbocycles. The average Bonchev–Trinajstić information content (AvgIpc) is 2.40. The zero-order chi connectivity index (χ0) is 13.2. The number of nitrogens with one attached hydrogen (secondary N) is 1. The van der Waals surface area contributed by atoms with E-state index >= 15 is 0 Å². The number of ether oxygens (including phenoxy) is 2. The number of thioether (sulfide) groups is 1. The van der Waals surface area contributed by atoms with Crippen LogP contribution in [-0.4, -0.2) is 32.3 Å². The van der Waals surface area contributed by atoms with E-state index < -0.39 is 0 Å². The molecule has 0 aliphatic heterocycles. The smallest absolute Gasteiger partial charge is 0.161 e. The molecule has 4 heteroatoms. The third-order valence-corrected chi connectivity index (χ3v) is 3.49. The minimum absolute atomic E-state index is 0.745. The number of hydrogen-bond donors (Lipinski definition) is 1. The van der Waals surface area contributed by atoms with Crippen LogP contribution in [0, 0.1) is 0 Å². The van der Waals surface area contributed by atoms with Crippen LogP contribution < -0.4 is 14.8 Å². The second-order valence-corrected chi connectivity index (χ2v) is 5.31. The second-order valence-electron chi connectivity index (χ2n) is 3.91. The highest BCUT2D eigenvalue weighted by molar-refractivity contribution is 7.99. The number of benzene rings is 1. The van der Waals surface area contributed by atoms with Crippen molar-refractivity contribution in [3.8, 4) is 11.5 Å². The minimum atomic E-state index is 0.745. The van der Waals surface area contributed by atoms with Crippen LogP contribution in [0.3, 0.4) is 0 Å². The van der Waals surface area contributed by atoms with E-state index in [2.05, 4.69) is 18.3 Å². The van der Waals surface area contributed by atoms with Gasteiger partial charge >= 0.3 is 0 Å². The van der Waals surface area contributed by atoms with Crippen LogP contribution >= 0.6 is 11.8 Å². The van der Waals surface area contributed by atoms with Gasteiger partial charge in [-0.15, -0.1) is 0 Å². The van der Waals surface area contributed by atoms with Crippen LogP contribution in [0.1, 0.15) is 18.9 Å². The fourth-order valence-corrected chi connectivity index (χ4v) is 2.24. The first-order chi connectivity index (χ1) is 8.81. The summed E-state index contributed by atoms with van der Waals surface area (Å²) in [6.07, 6.45) is 1.07. The lowest BCUT2D eigenvalue weighted by Crippen LogP contribution is -2.06. The molecule has 0 unspecified atom stereocenters. The summed E-state index contributed by atoms with van der Waals surface area (Å²) in [5.74, 6) is 3.96. The van der Waals surface area contributed by atoms with Gasteiger partial charge in [0, 0.05) is 6.54 Å². The molecule has 1 rings (SSSR count). The van der Waals surface area contributed by atoms with Gasteiger partial charge < -0.3 is 14.8 Å². The van der Waals surface area contributed by atoms with Crippen molar-refractivity contribution < 1.29 is 9.47 Å². The first kappa shape index (κ1) is 15.2. The van der Waals surface area contributed by atoms with E-state index in [4.69, 9.17) is 9.47 Å². The monoisotopic (exact) mass is 269 g/mol. The topological polar surface area (TPSA) is 30.5 Å². The summed E-state index contributed by atoms with van der Waals surface area (Å²) < 4.78 is 11.1. The molecule has 0 aromatic heterocycles. The molecule has 18 heavy (non-hydrogen) atoms. The fourth-order valence-electron chi connectivity index (χ4n) is 1.63. The molecule has 1 aromatic rings. The molecule has 1 N–H and O–H groups in total. The molecule has 0 fully saturated rings. The summed E-state index contributed by atoms with van der Waals surface area (Å²) in [4.78, 5) is 0. The molecule has 0 bridgehead atoms. The molecule has 0 saturated carbocycles. The van der Waals surface area contributed by atoms with Crippen LogP contribution in [0.25, 0.3) is 0 Å². The molecule has 0 heterocycles. The Hall–Kier alpha value is -0.870. The van der Waals surface area contributed by atoms with Gasteiger partial charge in [0.05, 0.1) is 13.7 Å². The van der Waals surface area contributed by atoms with Crippen LogP contribution in [0.4, 0.5) is 0 Å². The summed E-state index contributed by atoms with van der Waals surface area (Å²) in [7, 11) is 3.61. The Morgan fingerprint density at radius 3 is 2.78 bits per heavy atom. The van der Waals surface area contributed by atoms with Gasteiger partial charge in [-0.2, -0.15) is 11.8 Å². The van der Waals surface area contributed by atoms with E-state index in [0.29, 0.717) is 0 Å². The summed E-state index contributed by atoms with van der Waals surface area (Å²) in [5, 5.41) is 3.12. The summed E-state index contributed by atoms with van der Waals surface area (Å²) in [5.41, 5.74) is 1.20. The maximum Gasteiger partial charge on any atom is 0.161 e. The highest BCUT2D eigenvalue weighted by atomic mass is 32.2. The van der Waals surface area contributed by atoms with E-state index in [1.54, 1.807) is 7.11 Å². The Kier molecular flexibility index (Phi) is 7.69. The van der Waals surface area contributed by atoms with Crippen LogP contribution in [0.5, 0.6) is 11.5 Å². The standard InChI is InChI=1S/C14H23NO2S/c1-4-18-9-5-8-17-13-7-6-12(11-15-2)10-14(13)16-3/h6-7,10,15H,4-5,8-9,11H2,1-3H3. The zero-order valence-corrected chi connectivity index (χ0v) is 12.3. The third kappa shape index (κ3) is 5.19. The van der Waals surface area contributed by atoms with E-state index in [-0.39, 0.29) is 0 Å². The van der Waals surface area contributed by atoms with Crippen LogP contribution in [0.2, 0.25) is 0 Å². The lowest BCUT2D eigenvalue weighted by atomic mass is 10.2. The minimum Gasteiger partial charge on any atom is -0.493 e. The van der Waals surface area contributed by atoms with E-state index in [0.717, 1.165) is 36.8 Å². The summed E-state index contributed by atoms with van der Waals surface area (Å²) >= 11 is 1.94. The maximum absolute atomic E-state index is 5.75. The van der Waals surface area contributed by atoms with Crippen molar-refractivity contribution in [1.29, 1.82) is 0 Å². The Labute approximate surface area is 114 Å². The molecule has 0 radical (unpaired) electrons. The highest BCUT2D eigenvalue weighted by Crippen LogP contribution is 2.28. The number of methoxy groups -OCH3 is 1. The Morgan fingerprint density at radius 1 is 1.28 bits per heavy atom. The average molecular weight is 269 g/mol. The van der Waals surface area contributed by atoms with Gasteiger partial charge in [0.15, 0.2) is 11.5 Å². The number of hydrogen-bond acceptors (Lipinski definition) is 4. The van der Waals surface area contributed by atoms with Gasteiger partial charge in [0.25, 0.3) is 0 Å². The van der Waals surface area contributed by atoms with Gasteiger partial charge in [-0.3, -0.25) is 0 Å². The van der Waals surface area contributed by atoms with E-state index in [9.17, 15) is 0 Å². The van der Waals surface area contributed by atoms with Gasteiger partial charge in [-0.1, -0.05) is 13.0 Å². The van der Waals surface area contributed by atoms with Crippen molar-refractivity contribution in [2.45, 2.75) is 19.9 Å². The SMILES string of the molecule is CCSCCCOc1ccc(CNC)cc1OC. The second kappa shape index (κ2) is 9.11. The maximum atomic E-state index is 5.75. The summed E-state index contributed by atoms with van der Waals surface area (Å²) in [6, 6.07) is 6.07. The van der Waals surface area contributed by atoms with Crippen LogP contribution in [0.15, 0.2) is 18.2 Å². The van der Waals surface area contributed by atoms with E-state index in [1.165, 1.54) is 11.3 Å². The van der Waals surface area contributed by atoms with Crippen molar-refractivity contribution in [3.05, 3.63) is 23.8 Å². The molecule has 0 atom stereocenters. The molecule has 0 spiro atoms. The van der Waals surface area contributed by atoms with Crippen molar-refractivity contribution in [2.75, 3.05) is 32.3 Å². The fraction of sp³-hybridized carbons (Fsp3) is 0.571. The molecule has 0 amide bonds. The summed E-state index contributed by atoms with van der Waals surface area (Å²) in [6.45, 7) is 3.76. The molecule has 0 saturated heterocycles. The Bertz CT molecular complexity index is 345. The quantitative estimate of drug-likeness (QED) is 0.698. The van der Waals surface area contributed by atoms with Gasteiger partial charge in [0.2, 0.25) is 0 Å². The first-order valence-electron chi connectivity index (χ1n) is 6.33. The normalized spacial score (nSPS) is 10.4. The van der Waals surface area contributed by atoms with Crippen molar-refractivity contribution in [3.63, 3.8) is 0 Å². The first-order valence-corrected chi connectivity index (χ1v) is 7.49. The molecule has 3 nitrogen and oxygen atoms in total. The van der Waals surface area contributed by atoms with Crippen molar-refractivity contribution >= 4 is 11.8 Å². The molecular weight excluding hydrogens is 246 g/mol. The predicted octanol–water partition coefficient (Wildman–Crippen LogP) is 2.94. The van der Waals surface area contributed by atoms with Gasteiger partial charge in [0.1, 0.15) is 0 Å². The van der Waals surface area contributed by atoms with Crippen molar-refractivity contribution in [2.24, 2.45) is 0 Å². The third-order valence-electron chi connectivity index (χ3n) is 2.50. The van der Waals surface area contributed by atoms with Crippen molar-refractivity contribution in [1.82, 2.24) is 5.32 Å². The molecule has 102 valence electrons. The number of rotatable bonds is 9. The predicted molar refractivity (Wildman–Crippen MR) is 78.9 cm³/mol. The Morgan fingerprint density at radius 2 is 2.11 bits per heavy atom. The van der Waals surface area contributed by atoms with Crippen LogP contribution in [-0.2, 0) is 6.54 Å². The lowest BCUT2D eigenvalue weighted by molar-refractivity contribution is 0.295. The molecule has 0 aliphatic rings. The van der Waals surface area contributed by atoms with Gasteiger partial charge in [-0.25, -0.2) is 0 Å². The largest absolute Gasteiger partial charge is 0.493 e. The molecule has 0 aliphatic carbocycles. The Balaban J connectivity index is 2.48. The lowest BCUT2D eigenvalue weighted by Gasteiger charge is -2.12. The highest BCUT2D eigenvalue weighted by Gasteiger charge is 2.05. The zero-order valence-electron chi connectivity index (χ0n) is 11.5.